The van der Waals surface area contributed by atoms with Crippen molar-refractivity contribution in [3.63, 3.8) is 0 Å². The van der Waals surface area contributed by atoms with E-state index in [0.29, 0.717) is 17.1 Å². The summed E-state index contributed by atoms with van der Waals surface area (Å²) in [6.07, 6.45) is 1.30. The highest BCUT2D eigenvalue weighted by Gasteiger charge is 2.22. The number of furan rings is 1. The van der Waals surface area contributed by atoms with Crippen LogP contribution in [0.4, 0.5) is 0 Å². The lowest BCUT2D eigenvalue weighted by Gasteiger charge is -2.11. The average Bonchev–Trinajstić information content (AvgIpc) is 3.20. The Kier molecular flexibility index (Phi) is 6.23. The van der Waals surface area contributed by atoms with Gasteiger partial charge in [0.2, 0.25) is 0 Å². The molecule has 0 unspecified atom stereocenters. The molecule has 1 heterocycles. The van der Waals surface area contributed by atoms with Crippen molar-refractivity contribution in [2.45, 2.75) is 17.2 Å². The topological polar surface area (TPSA) is 94.8 Å². The molecule has 0 aliphatic heterocycles. The molecule has 0 fully saturated rings. The van der Waals surface area contributed by atoms with E-state index in [-0.39, 0.29) is 23.0 Å². The maximum atomic E-state index is 12.6. The summed E-state index contributed by atoms with van der Waals surface area (Å²) in [4.78, 5) is 12.8. The Morgan fingerprint density at radius 2 is 1.76 bits per heavy atom. The maximum Gasteiger partial charge on any atom is 0.287 e. The van der Waals surface area contributed by atoms with Crippen molar-refractivity contribution in [3.05, 3.63) is 77.7 Å². The Bertz CT molecular complexity index is 1090. The minimum Gasteiger partial charge on any atom is -0.497 e. The molecule has 2 aromatic carbocycles. The van der Waals surface area contributed by atoms with Crippen LogP contribution in [0.5, 0.6) is 11.5 Å². The van der Waals surface area contributed by atoms with Gasteiger partial charge in [-0.2, -0.15) is 0 Å². The van der Waals surface area contributed by atoms with Crippen LogP contribution in [0.1, 0.15) is 21.7 Å². The van der Waals surface area contributed by atoms with Crippen molar-refractivity contribution in [2.75, 3.05) is 14.2 Å². The molecule has 0 saturated heterocycles. The molecule has 0 aliphatic rings. The van der Waals surface area contributed by atoms with E-state index in [1.165, 1.54) is 31.6 Å². The fraction of sp³-hybridized carbons (Fsp3) is 0.190. The fourth-order valence-corrected chi connectivity index (χ4v) is 4.19. The molecular weight excluding hydrogens is 394 g/mol. The fourth-order valence-electron chi connectivity index (χ4n) is 2.82. The molecule has 0 bridgehead atoms. The monoisotopic (exact) mass is 415 g/mol. The summed E-state index contributed by atoms with van der Waals surface area (Å²) >= 11 is 0. The van der Waals surface area contributed by atoms with Gasteiger partial charge < -0.3 is 19.2 Å². The standard InChI is InChI=1S/C21H21NO6S/c1-26-17-9-8-15(19(12-17)27-2)13-22-21(23)20-16(10-11-28-20)14-29(24,25)18-6-4-3-5-7-18/h3-12H,13-14H2,1-2H3,(H,22,23). The molecule has 0 radical (unpaired) electrons. The summed E-state index contributed by atoms with van der Waals surface area (Å²) in [7, 11) is -0.518. The molecular formula is C21H21NO6S. The molecule has 3 rings (SSSR count). The number of sulfone groups is 1. The van der Waals surface area contributed by atoms with Crippen LogP contribution in [0.2, 0.25) is 0 Å². The zero-order valence-electron chi connectivity index (χ0n) is 16.0. The maximum absolute atomic E-state index is 12.6. The quantitative estimate of drug-likeness (QED) is 0.607. The van der Waals surface area contributed by atoms with Crippen LogP contribution in [-0.2, 0) is 22.1 Å². The molecule has 0 aliphatic carbocycles. The molecule has 7 nitrogen and oxygen atoms in total. The number of carbonyl (C=O) groups is 1. The number of carbonyl (C=O) groups excluding carboxylic acids is 1. The smallest absolute Gasteiger partial charge is 0.287 e. The van der Waals surface area contributed by atoms with E-state index in [2.05, 4.69) is 5.32 Å². The van der Waals surface area contributed by atoms with Crippen LogP contribution >= 0.6 is 0 Å². The van der Waals surface area contributed by atoms with Gasteiger partial charge >= 0.3 is 0 Å². The number of hydrogen-bond donors (Lipinski definition) is 1. The average molecular weight is 415 g/mol. The molecule has 0 atom stereocenters. The largest absolute Gasteiger partial charge is 0.497 e. The number of hydrogen-bond acceptors (Lipinski definition) is 6. The molecule has 0 spiro atoms. The zero-order valence-corrected chi connectivity index (χ0v) is 16.9. The van der Waals surface area contributed by atoms with E-state index in [1.54, 1.807) is 43.5 Å². The van der Waals surface area contributed by atoms with Crippen LogP contribution < -0.4 is 14.8 Å². The molecule has 152 valence electrons. The summed E-state index contributed by atoms with van der Waals surface area (Å²) in [5.41, 5.74) is 1.04. The van der Waals surface area contributed by atoms with Crippen LogP contribution in [0, 0.1) is 0 Å². The van der Waals surface area contributed by atoms with Gasteiger partial charge in [0.05, 0.1) is 31.1 Å². The van der Waals surface area contributed by atoms with Crippen LogP contribution in [0.3, 0.4) is 0 Å². The van der Waals surface area contributed by atoms with E-state index in [0.717, 1.165) is 5.56 Å². The lowest BCUT2D eigenvalue weighted by atomic mass is 10.2. The molecule has 1 aromatic heterocycles. The molecule has 8 heteroatoms. The van der Waals surface area contributed by atoms with Gasteiger partial charge in [-0.3, -0.25) is 4.79 Å². The highest BCUT2D eigenvalue weighted by Crippen LogP contribution is 2.25. The van der Waals surface area contributed by atoms with Crippen LogP contribution in [0.25, 0.3) is 0 Å². The molecule has 3 aromatic rings. The predicted molar refractivity (Wildman–Crippen MR) is 107 cm³/mol. The number of amides is 1. The number of ether oxygens (including phenoxy) is 2. The second-order valence-corrected chi connectivity index (χ2v) is 8.20. The third-order valence-electron chi connectivity index (χ3n) is 4.33. The van der Waals surface area contributed by atoms with Crippen LogP contribution in [-0.4, -0.2) is 28.5 Å². The van der Waals surface area contributed by atoms with Crippen molar-refractivity contribution in [2.24, 2.45) is 0 Å². The highest BCUT2D eigenvalue weighted by molar-refractivity contribution is 7.90. The van der Waals surface area contributed by atoms with Crippen molar-refractivity contribution in [3.8, 4) is 11.5 Å². The van der Waals surface area contributed by atoms with E-state index >= 15 is 0 Å². The number of methoxy groups -OCH3 is 2. The molecule has 1 N–H and O–H groups in total. The molecule has 0 saturated carbocycles. The minimum atomic E-state index is -3.60. The van der Waals surface area contributed by atoms with Gasteiger partial charge in [-0.25, -0.2) is 8.42 Å². The van der Waals surface area contributed by atoms with E-state index < -0.39 is 15.7 Å². The molecule has 1 amide bonds. The Hall–Kier alpha value is -3.26. The van der Waals surface area contributed by atoms with Crippen molar-refractivity contribution in [1.82, 2.24) is 5.32 Å². The van der Waals surface area contributed by atoms with Crippen LogP contribution in [0.15, 0.2) is 70.2 Å². The van der Waals surface area contributed by atoms with Gasteiger partial charge in [0.15, 0.2) is 15.6 Å². The van der Waals surface area contributed by atoms with Crippen molar-refractivity contribution >= 4 is 15.7 Å². The zero-order chi connectivity index (χ0) is 20.9. The first-order chi connectivity index (χ1) is 13.9. The lowest BCUT2D eigenvalue weighted by Crippen LogP contribution is -2.24. The lowest BCUT2D eigenvalue weighted by molar-refractivity contribution is 0.0922. The minimum absolute atomic E-state index is 0.0306. The third kappa shape index (κ3) is 4.78. The summed E-state index contributed by atoms with van der Waals surface area (Å²) in [5, 5.41) is 2.73. The predicted octanol–water partition coefficient (Wildman–Crippen LogP) is 3.20. The normalized spacial score (nSPS) is 11.1. The number of nitrogens with one attached hydrogen (secondary N) is 1. The van der Waals surface area contributed by atoms with Gasteiger partial charge in [0.25, 0.3) is 5.91 Å². The summed E-state index contributed by atoms with van der Waals surface area (Å²) in [6, 6.07) is 14.8. The molecule has 29 heavy (non-hydrogen) atoms. The summed E-state index contributed by atoms with van der Waals surface area (Å²) in [5.74, 6) is 0.331. The van der Waals surface area contributed by atoms with Gasteiger partial charge in [-0.15, -0.1) is 0 Å². The highest BCUT2D eigenvalue weighted by atomic mass is 32.2. The van der Waals surface area contributed by atoms with Gasteiger partial charge in [-0.05, 0) is 30.3 Å². The van der Waals surface area contributed by atoms with Crippen molar-refractivity contribution in [1.29, 1.82) is 0 Å². The first kappa shape index (κ1) is 20.5. The SMILES string of the molecule is COc1ccc(CNC(=O)c2occc2CS(=O)(=O)c2ccccc2)c(OC)c1. The van der Waals surface area contributed by atoms with E-state index in [1.807, 2.05) is 0 Å². The number of benzene rings is 2. The first-order valence-corrected chi connectivity index (χ1v) is 10.4. The number of rotatable bonds is 8. The third-order valence-corrected chi connectivity index (χ3v) is 6.02. The Morgan fingerprint density at radius 3 is 2.45 bits per heavy atom. The van der Waals surface area contributed by atoms with Crippen molar-refractivity contribution < 1.29 is 27.1 Å². The van der Waals surface area contributed by atoms with Gasteiger partial charge in [0, 0.05) is 23.7 Å². The Labute approximate surface area is 169 Å². The van der Waals surface area contributed by atoms with Gasteiger partial charge in [-0.1, -0.05) is 18.2 Å². The van der Waals surface area contributed by atoms with E-state index in [9.17, 15) is 13.2 Å². The Morgan fingerprint density at radius 1 is 1.00 bits per heavy atom. The summed E-state index contributed by atoms with van der Waals surface area (Å²) < 4.78 is 40.9. The van der Waals surface area contributed by atoms with E-state index in [4.69, 9.17) is 13.9 Å². The van der Waals surface area contributed by atoms with Gasteiger partial charge in [0.1, 0.15) is 11.5 Å². The Balaban J connectivity index is 1.73. The summed E-state index contributed by atoms with van der Waals surface area (Å²) in [6.45, 7) is 0.178. The second-order valence-electron chi connectivity index (χ2n) is 6.21. The first-order valence-electron chi connectivity index (χ1n) is 8.78. The second kappa shape index (κ2) is 8.83.